The maximum Gasteiger partial charge on any atom is 0.404 e. The molecular weight excluding hydrogens is 596 g/mol. The van der Waals surface area contributed by atoms with Gasteiger partial charge in [0.05, 0.1) is 22.4 Å². The van der Waals surface area contributed by atoms with Crippen molar-refractivity contribution in [1.29, 1.82) is 0 Å². The summed E-state index contributed by atoms with van der Waals surface area (Å²) in [6.07, 6.45) is 4.62. The lowest BCUT2D eigenvalue weighted by atomic mass is 10.0. The van der Waals surface area contributed by atoms with E-state index in [0.717, 1.165) is 5.56 Å². The van der Waals surface area contributed by atoms with Crippen molar-refractivity contribution < 1.29 is 29.0 Å². The van der Waals surface area contributed by atoms with Crippen LogP contribution < -0.4 is 25.6 Å². The highest BCUT2D eigenvalue weighted by atomic mass is 32.1. The van der Waals surface area contributed by atoms with Crippen molar-refractivity contribution in [2.24, 2.45) is 0 Å². The van der Waals surface area contributed by atoms with Crippen LogP contribution in [0.25, 0.3) is 10.2 Å². The Labute approximate surface area is 262 Å². The number of hydrogen-bond acceptors (Lipinski definition) is 7. The number of amides is 5. The van der Waals surface area contributed by atoms with E-state index >= 15 is 0 Å². The molecule has 4 aromatic rings. The number of rotatable bonds is 8. The monoisotopic (exact) mass is 626 g/mol. The standard InChI is InChI=1S/C32H30N6O6S/c1-19-17-22(44-21-8-3-2-4-9-21)11-12-23(19)38-24-13-15-33-30-26(24)27(36-31(38)41)28(45-30)29(40)35-20-7-6-16-37(18-20)25(39)10-5-14-34-32(42)43/h2-5,8-13,15,17,20,34H,6-7,14,16,18H2,1H3,(H,35,40)(H,36,41)(H,42,43). The van der Waals surface area contributed by atoms with Crippen LogP contribution in [0.4, 0.5) is 26.7 Å². The minimum Gasteiger partial charge on any atom is -0.465 e. The summed E-state index contributed by atoms with van der Waals surface area (Å²) in [5.74, 6) is 0.741. The average molecular weight is 627 g/mol. The number of pyridine rings is 1. The number of ether oxygens (including phenoxy) is 1. The van der Waals surface area contributed by atoms with Gasteiger partial charge in [-0.1, -0.05) is 24.3 Å². The molecule has 0 aliphatic carbocycles. The number of hydrogen-bond donors (Lipinski definition) is 4. The molecule has 1 saturated heterocycles. The van der Waals surface area contributed by atoms with Gasteiger partial charge >= 0.3 is 12.1 Å². The van der Waals surface area contributed by atoms with E-state index in [1.807, 2.05) is 55.5 Å². The molecule has 1 atom stereocenters. The second kappa shape index (κ2) is 12.7. The third-order valence-corrected chi connectivity index (χ3v) is 8.64. The molecule has 1 fully saturated rings. The van der Waals surface area contributed by atoms with E-state index in [9.17, 15) is 19.2 Å². The molecule has 0 bridgehead atoms. The summed E-state index contributed by atoms with van der Waals surface area (Å²) < 4.78 is 5.96. The number of urea groups is 1. The third-order valence-electron chi connectivity index (χ3n) is 7.54. The number of carboxylic acid groups (broad SMARTS) is 1. The van der Waals surface area contributed by atoms with Crippen molar-refractivity contribution in [3.05, 3.63) is 83.4 Å². The molecular formula is C32H30N6O6S. The van der Waals surface area contributed by atoms with Crippen LogP contribution in [0.1, 0.15) is 28.1 Å². The van der Waals surface area contributed by atoms with Gasteiger partial charge in [-0.25, -0.2) is 14.6 Å². The lowest BCUT2D eigenvalue weighted by Crippen LogP contribution is -2.49. The zero-order valence-corrected chi connectivity index (χ0v) is 25.1. The van der Waals surface area contributed by atoms with Crippen LogP contribution in [0.3, 0.4) is 0 Å². The quantitative estimate of drug-likeness (QED) is 0.185. The van der Waals surface area contributed by atoms with E-state index in [2.05, 4.69) is 20.9 Å². The highest BCUT2D eigenvalue weighted by Crippen LogP contribution is 2.46. The second-order valence-electron chi connectivity index (χ2n) is 10.6. The SMILES string of the molecule is Cc1cc(Oc2ccccc2)ccc1N1C(=O)Nc2c(C(=O)NC3CCCN(C(=O)C=CCNC(=O)O)C3)sc3nccc1c23. The second-order valence-corrected chi connectivity index (χ2v) is 11.6. The number of anilines is 3. The Morgan fingerprint density at radius 3 is 2.73 bits per heavy atom. The number of benzene rings is 2. The predicted molar refractivity (Wildman–Crippen MR) is 171 cm³/mol. The summed E-state index contributed by atoms with van der Waals surface area (Å²) >= 11 is 1.20. The third kappa shape index (κ3) is 6.29. The fraction of sp³-hybridized carbons (Fsp3) is 0.219. The van der Waals surface area contributed by atoms with Crippen molar-refractivity contribution in [3.63, 3.8) is 0 Å². The van der Waals surface area contributed by atoms with Crippen molar-refractivity contribution in [2.45, 2.75) is 25.8 Å². The molecule has 4 heterocycles. The molecule has 12 nitrogen and oxygen atoms in total. The highest BCUT2D eigenvalue weighted by Gasteiger charge is 2.34. The average Bonchev–Trinajstić information content (AvgIpc) is 3.40. The number of thiophene rings is 1. The summed E-state index contributed by atoms with van der Waals surface area (Å²) in [5, 5.41) is 17.5. The Bertz CT molecular complexity index is 1820. The molecule has 1 unspecified atom stereocenters. The fourth-order valence-electron chi connectivity index (χ4n) is 5.51. The van der Waals surface area contributed by atoms with Crippen molar-refractivity contribution in [1.82, 2.24) is 20.5 Å². The zero-order chi connectivity index (χ0) is 31.5. The number of aryl methyl sites for hydroxylation is 1. The number of carbonyl (C=O) groups excluding carboxylic acids is 3. The van der Waals surface area contributed by atoms with Gasteiger partial charge in [-0.05, 0) is 61.7 Å². The largest absolute Gasteiger partial charge is 0.465 e. The van der Waals surface area contributed by atoms with E-state index < -0.39 is 12.1 Å². The van der Waals surface area contributed by atoms with E-state index in [0.29, 0.717) is 69.6 Å². The number of piperidine rings is 1. The van der Waals surface area contributed by atoms with E-state index in [-0.39, 0.29) is 24.4 Å². The summed E-state index contributed by atoms with van der Waals surface area (Å²) in [4.78, 5) is 59.0. The molecule has 0 spiro atoms. The lowest BCUT2D eigenvalue weighted by molar-refractivity contribution is -0.127. The fourth-order valence-corrected chi connectivity index (χ4v) is 6.53. The Balaban J connectivity index is 1.20. The van der Waals surface area contributed by atoms with E-state index in [1.54, 1.807) is 22.1 Å². The van der Waals surface area contributed by atoms with Gasteiger partial charge in [-0.2, -0.15) is 0 Å². The van der Waals surface area contributed by atoms with Gasteiger partial charge in [0.15, 0.2) is 0 Å². The normalized spacial score (nSPS) is 16.0. The molecule has 0 radical (unpaired) electrons. The van der Waals surface area contributed by atoms with E-state index in [4.69, 9.17) is 9.84 Å². The maximum absolute atomic E-state index is 13.6. The predicted octanol–water partition coefficient (Wildman–Crippen LogP) is 5.63. The van der Waals surface area contributed by atoms with Crippen LogP contribution in [-0.4, -0.2) is 64.6 Å². The molecule has 2 aromatic carbocycles. The number of aromatic nitrogens is 1. The number of nitrogens with one attached hydrogen (secondary N) is 3. The topological polar surface area (TPSA) is 153 Å². The lowest BCUT2D eigenvalue weighted by Gasteiger charge is -2.32. The van der Waals surface area contributed by atoms with Crippen LogP contribution in [0.15, 0.2) is 72.9 Å². The van der Waals surface area contributed by atoms with Gasteiger partial charge in [0.1, 0.15) is 21.2 Å². The number of carbonyl (C=O) groups is 4. The zero-order valence-electron chi connectivity index (χ0n) is 24.3. The Morgan fingerprint density at radius 1 is 1.13 bits per heavy atom. The van der Waals surface area contributed by atoms with Gasteiger partial charge in [-0.15, -0.1) is 11.3 Å². The van der Waals surface area contributed by atoms with Crippen LogP contribution in [0, 0.1) is 6.92 Å². The van der Waals surface area contributed by atoms with Crippen molar-refractivity contribution in [2.75, 3.05) is 29.9 Å². The van der Waals surface area contributed by atoms with Crippen molar-refractivity contribution >= 4 is 62.6 Å². The first-order valence-electron chi connectivity index (χ1n) is 14.4. The van der Waals surface area contributed by atoms with Crippen LogP contribution in [0.5, 0.6) is 11.5 Å². The number of nitrogens with zero attached hydrogens (tertiary/aromatic N) is 3. The minimum atomic E-state index is -1.17. The van der Waals surface area contributed by atoms with Crippen molar-refractivity contribution in [3.8, 4) is 11.5 Å². The summed E-state index contributed by atoms with van der Waals surface area (Å²) in [6, 6.07) is 16.0. The Hall–Kier alpha value is -5.43. The summed E-state index contributed by atoms with van der Waals surface area (Å²) in [7, 11) is 0. The van der Waals surface area contributed by atoms with Crippen LogP contribution >= 0.6 is 11.3 Å². The summed E-state index contributed by atoms with van der Waals surface area (Å²) in [5.41, 5.74) is 2.52. The van der Waals surface area contributed by atoms with Gasteiger partial charge in [0, 0.05) is 37.9 Å². The van der Waals surface area contributed by atoms with Gasteiger partial charge in [0.2, 0.25) is 5.91 Å². The maximum atomic E-state index is 13.6. The molecule has 5 amide bonds. The van der Waals surface area contributed by atoms with E-state index in [1.165, 1.54) is 23.5 Å². The van der Waals surface area contributed by atoms with Gasteiger partial charge < -0.3 is 30.7 Å². The Kier molecular flexibility index (Phi) is 8.34. The number of para-hydroxylation sites is 1. The molecule has 45 heavy (non-hydrogen) atoms. The molecule has 2 aliphatic heterocycles. The first kappa shape index (κ1) is 29.6. The molecule has 0 saturated carbocycles. The molecule has 230 valence electrons. The van der Waals surface area contributed by atoms with Gasteiger partial charge in [-0.3, -0.25) is 14.5 Å². The summed E-state index contributed by atoms with van der Waals surface area (Å²) in [6.45, 7) is 2.78. The first-order valence-corrected chi connectivity index (χ1v) is 15.2. The first-order chi connectivity index (χ1) is 21.8. The van der Waals surface area contributed by atoms with Crippen LogP contribution in [0.2, 0.25) is 0 Å². The Morgan fingerprint density at radius 2 is 1.96 bits per heavy atom. The number of likely N-dealkylation sites (tertiary alicyclic amines) is 1. The highest BCUT2D eigenvalue weighted by molar-refractivity contribution is 7.21. The molecule has 2 aliphatic rings. The molecule has 4 N–H and O–H groups in total. The molecule has 13 heteroatoms. The van der Waals surface area contributed by atoms with Crippen LogP contribution in [-0.2, 0) is 4.79 Å². The molecule has 2 aromatic heterocycles. The smallest absolute Gasteiger partial charge is 0.404 e. The minimum absolute atomic E-state index is 0.0243. The van der Waals surface area contributed by atoms with Gasteiger partial charge in [0.25, 0.3) is 5.91 Å². The molecule has 6 rings (SSSR count).